The molecule has 0 spiro atoms. The van der Waals surface area contributed by atoms with Crippen LogP contribution in [0.3, 0.4) is 0 Å². The fraction of sp³-hybridized carbons (Fsp3) is 0.200. The van der Waals surface area contributed by atoms with Crippen LogP contribution in [0.2, 0.25) is 0 Å². The van der Waals surface area contributed by atoms with Crippen LogP contribution in [-0.2, 0) is 0 Å². The topological polar surface area (TPSA) is 20.2 Å². The zero-order chi connectivity index (χ0) is 22.0. The van der Waals surface area contributed by atoms with Crippen molar-refractivity contribution >= 4 is 0 Å². The van der Waals surface area contributed by atoms with Gasteiger partial charge in [0.1, 0.15) is 0 Å². The third-order valence-electron chi connectivity index (χ3n) is 6.01. The third kappa shape index (κ3) is 4.47. The number of hydrogen-bond acceptors (Lipinski definition) is 1. The summed E-state index contributed by atoms with van der Waals surface area (Å²) >= 11 is 0. The molecule has 0 aromatic heterocycles. The fourth-order valence-corrected chi connectivity index (χ4v) is 4.07. The summed E-state index contributed by atoms with van der Waals surface area (Å²) < 4.78 is 0. The van der Waals surface area contributed by atoms with E-state index >= 15 is 0 Å². The highest BCUT2D eigenvalue weighted by atomic mass is 16.3. The lowest BCUT2D eigenvalue weighted by Gasteiger charge is -2.22. The maximum atomic E-state index is 11.1. The largest absolute Gasteiger partial charge is 0.388 e. The van der Waals surface area contributed by atoms with Gasteiger partial charge in [0.15, 0.2) is 0 Å². The Balaban J connectivity index is 2.03. The van der Waals surface area contributed by atoms with Crippen LogP contribution in [0.1, 0.15) is 41.7 Å². The first-order valence-electron chi connectivity index (χ1n) is 11.0. The van der Waals surface area contributed by atoms with Gasteiger partial charge >= 0.3 is 0 Å². The van der Waals surface area contributed by atoms with Gasteiger partial charge in [-0.2, -0.15) is 0 Å². The molecule has 0 unspecified atom stereocenters. The van der Waals surface area contributed by atoms with Gasteiger partial charge in [-0.25, -0.2) is 0 Å². The first-order valence-corrected chi connectivity index (χ1v) is 11.0. The molecule has 0 saturated carbocycles. The highest BCUT2D eigenvalue weighted by Gasteiger charge is 2.20. The minimum Gasteiger partial charge on any atom is -0.388 e. The molecule has 0 fully saturated rings. The van der Waals surface area contributed by atoms with E-state index in [4.69, 9.17) is 0 Å². The van der Waals surface area contributed by atoms with E-state index in [-0.39, 0.29) is 0 Å². The van der Waals surface area contributed by atoms with E-state index in [1.165, 1.54) is 27.8 Å². The summed E-state index contributed by atoms with van der Waals surface area (Å²) in [5.41, 5.74) is 11.5. The van der Waals surface area contributed by atoms with Crippen LogP contribution in [0, 0.1) is 20.8 Å². The summed E-state index contributed by atoms with van der Waals surface area (Å²) in [7, 11) is 0. The molecule has 1 atom stereocenters. The number of benzene rings is 4. The van der Waals surface area contributed by atoms with E-state index in [0.29, 0.717) is 6.42 Å². The van der Waals surface area contributed by atoms with E-state index < -0.39 is 6.10 Å². The molecule has 156 valence electrons. The Morgan fingerprint density at radius 1 is 0.548 bits per heavy atom. The van der Waals surface area contributed by atoms with Crippen LogP contribution < -0.4 is 0 Å². The van der Waals surface area contributed by atoms with E-state index in [0.717, 1.165) is 27.8 Å². The molecule has 0 heterocycles. The molecule has 0 aliphatic heterocycles. The van der Waals surface area contributed by atoms with Crippen molar-refractivity contribution < 1.29 is 5.11 Å². The Hall–Kier alpha value is -3.16. The monoisotopic (exact) mass is 406 g/mol. The summed E-state index contributed by atoms with van der Waals surface area (Å²) in [6.07, 6.45) is 0.140. The minimum absolute atomic E-state index is 0.528. The predicted molar refractivity (Wildman–Crippen MR) is 132 cm³/mol. The Kier molecular flexibility index (Phi) is 6.06. The van der Waals surface area contributed by atoms with E-state index in [1.54, 1.807) is 0 Å². The minimum atomic E-state index is -0.528. The van der Waals surface area contributed by atoms with Gasteiger partial charge in [0.2, 0.25) is 0 Å². The van der Waals surface area contributed by atoms with Crippen LogP contribution >= 0.6 is 0 Å². The van der Waals surface area contributed by atoms with Crippen LogP contribution in [0.25, 0.3) is 33.4 Å². The van der Waals surface area contributed by atoms with Crippen molar-refractivity contribution in [2.75, 3.05) is 0 Å². The predicted octanol–water partition coefficient (Wildman–Crippen LogP) is 8.06. The van der Waals surface area contributed by atoms with Crippen molar-refractivity contribution in [3.63, 3.8) is 0 Å². The van der Waals surface area contributed by atoms with Crippen LogP contribution in [0.15, 0.2) is 84.9 Å². The quantitative estimate of drug-likeness (QED) is 0.355. The van der Waals surface area contributed by atoms with Crippen LogP contribution in [0.5, 0.6) is 0 Å². The van der Waals surface area contributed by atoms with E-state index in [9.17, 15) is 5.11 Å². The summed E-state index contributed by atoms with van der Waals surface area (Å²) in [6.45, 7) is 8.36. The first-order chi connectivity index (χ1) is 15.0. The van der Waals surface area contributed by atoms with Gasteiger partial charge < -0.3 is 5.11 Å². The lowest BCUT2D eigenvalue weighted by Crippen LogP contribution is -2.03. The SMILES string of the molecule is CC[C@H](O)c1c(-c2ccc(C)cc2)cc(-c2ccc(C)cc2)cc1-c1ccc(C)cc1. The molecule has 0 radical (unpaired) electrons. The Bertz CT molecular complexity index is 1100. The van der Waals surface area contributed by atoms with Gasteiger partial charge in [-0.05, 0) is 78.3 Å². The lowest BCUT2D eigenvalue weighted by atomic mass is 9.84. The molecule has 0 bridgehead atoms. The normalized spacial score (nSPS) is 12.0. The molecule has 4 rings (SSSR count). The molecular formula is C30H30O. The van der Waals surface area contributed by atoms with Crippen molar-refractivity contribution in [3.8, 4) is 33.4 Å². The lowest BCUT2D eigenvalue weighted by molar-refractivity contribution is 0.175. The highest BCUT2D eigenvalue weighted by Crippen LogP contribution is 2.41. The van der Waals surface area contributed by atoms with E-state index in [2.05, 4.69) is 106 Å². The second kappa shape index (κ2) is 8.91. The van der Waals surface area contributed by atoms with Crippen LogP contribution in [0.4, 0.5) is 0 Å². The van der Waals surface area contributed by atoms with Gasteiger partial charge in [0, 0.05) is 0 Å². The molecule has 0 aliphatic rings. The van der Waals surface area contributed by atoms with Gasteiger partial charge in [-0.3, -0.25) is 0 Å². The smallest absolute Gasteiger partial charge is 0.0799 e. The van der Waals surface area contributed by atoms with E-state index in [1.807, 2.05) is 6.92 Å². The standard InChI is InChI=1S/C30H30O/c1-5-29(31)30-27(24-14-8-21(3)9-15-24)18-26(23-12-6-20(2)7-13-23)19-28(30)25-16-10-22(4)11-17-25/h6-19,29,31H,5H2,1-4H3/t29-/m0/s1. The van der Waals surface area contributed by atoms with Crippen molar-refractivity contribution in [2.45, 2.75) is 40.2 Å². The van der Waals surface area contributed by atoms with Gasteiger partial charge in [-0.15, -0.1) is 0 Å². The summed E-state index contributed by atoms with van der Waals surface area (Å²) in [5, 5.41) is 11.1. The highest BCUT2D eigenvalue weighted by molar-refractivity contribution is 5.85. The molecule has 4 aromatic carbocycles. The van der Waals surface area contributed by atoms with Crippen LogP contribution in [-0.4, -0.2) is 5.11 Å². The van der Waals surface area contributed by atoms with Crippen molar-refractivity contribution in [1.82, 2.24) is 0 Å². The Labute approximate surface area is 186 Å². The zero-order valence-corrected chi connectivity index (χ0v) is 18.8. The van der Waals surface area contributed by atoms with Gasteiger partial charge in [-0.1, -0.05) is 96.4 Å². The molecule has 0 saturated heterocycles. The number of rotatable bonds is 5. The number of aryl methyl sites for hydroxylation is 3. The zero-order valence-electron chi connectivity index (χ0n) is 18.8. The third-order valence-corrected chi connectivity index (χ3v) is 6.01. The van der Waals surface area contributed by atoms with Crippen molar-refractivity contribution in [1.29, 1.82) is 0 Å². The fourth-order valence-electron chi connectivity index (χ4n) is 4.07. The average molecular weight is 407 g/mol. The number of aliphatic hydroxyl groups excluding tert-OH is 1. The maximum absolute atomic E-state index is 11.1. The Morgan fingerprint density at radius 2 is 0.903 bits per heavy atom. The van der Waals surface area contributed by atoms with Crippen molar-refractivity contribution in [3.05, 3.63) is 107 Å². The number of hydrogen-bond donors (Lipinski definition) is 1. The average Bonchev–Trinajstić information content (AvgIpc) is 2.79. The second-order valence-electron chi connectivity index (χ2n) is 8.51. The maximum Gasteiger partial charge on any atom is 0.0799 e. The Morgan fingerprint density at radius 3 is 1.26 bits per heavy atom. The molecule has 1 heteroatoms. The first kappa shape index (κ1) is 21.1. The summed E-state index contributed by atoms with van der Waals surface area (Å²) in [4.78, 5) is 0. The van der Waals surface area contributed by atoms with Gasteiger partial charge in [0.05, 0.1) is 6.10 Å². The molecule has 1 N–H and O–H groups in total. The van der Waals surface area contributed by atoms with Crippen molar-refractivity contribution in [2.24, 2.45) is 0 Å². The molecule has 0 amide bonds. The molecule has 31 heavy (non-hydrogen) atoms. The molecule has 1 nitrogen and oxygen atoms in total. The molecule has 0 aliphatic carbocycles. The molecule has 4 aromatic rings. The number of aliphatic hydroxyl groups is 1. The second-order valence-corrected chi connectivity index (χ2v) is 8.51. The molecular weight excluding hydrogens is 376 g/mol. The summed E-state index contributed by atoms with van der Waals surface area (Å²) in [6, 6.07) is 30.3. The summed E-state index contributed by atoms with van der Waals surface area (Å²) in [5.74, 6) is 0. The van der Waals surface area contributed by atoms with Gasteiger partial charge in [0.25, 0.3) is 0 Å².